The minimum Gasteiger partial charge on any atom is -0.295 e. The fourth-order valence-corrected chi connectivity index (χ4v) is 4.31. The van der Waals surface area contributed by atoms with Crippen LogP contribution >= 0.6 is 0 Å². The predicted octanol–water partition coefficient (Wildman–Crippen LogP) is 4.08. The third-order valence-electron chi connectivity index (χ3n) is 4.91. The van der Waals surface area contributed by atoms with Gasteiger partial charge in [-0.05, 0) is 29.7 Å². The Kier molecular flexibility index (Phi) is 3.26. The molecular weight excluding hydrogens is 230 g/mol. The summed E-state index contributed by atoms with van der Waals surface area (Å²) < 4.78 is 0. The molecule has 1 heteroatoms. The largest absolute Gasteiger partial charge is 0.295 e. The molecule has 1 nitrogen and oxygen atoms in total. The van der Waals surface area contributed by atoms with Gasteiger partial charge in [-0.1, -0.05) is 50.3 Å². The molecule has 0 spiro atoms. The Labute approximate surface area is 117 Å². The monoisotopic (exact) mass is 255 g/mol. The van der Waals surface area contributed by atoms with Crippen LogP contribution in [0.25, 0.3) is 0 Å². The van der Waals surface area contributed by atoms with Crippen molar-refractivity contribution < 1.29 is 0 Å². The van der Waals surface area contributed by atoms with Gasteiger partial charge in [0.2, 0.25) is 0 Å². The van der Waals surface area contributed by atoms with Crippen LogP contribution in [0, 0.1) is 11.3 Å². The summed E-state index contributed by atoms with van der Waals surface area (Å²) in [6.45, 7) is 11.0. The van der Waals surface area contributed by atoms with E-state index in [9.17, 15) is 0 Å². The van der Waals surface area contributed by atoms with E-state index in [1.165, 1.54) is 24.9 Å². The highest BCUT2D eigenvalue weighted by atomic mass is 15.2. The molecule has 1 aliphatic heterocycles. The van der Waals surface area contributed by atoms with Crippen molar-refractivity contribution in [2.45, 2.75) is 38.6 Å². The molecule has 0 N–H and O–H groups in total. The molecule has 0 unspecified atom stereocenters. The third kappa shape index (κ3) is 2.36. The lowest BCUT2D eigenvalue weighted by atomic mass is 9.58. The van der Waals surface area contributed by atoms with E-state index in [1.54, 1.807) is 0 Å². The van der Waals surface area contributed by atoms with Crippen LogP contribution in [0.1, 0.15) is 38.2 Å². The highest BCUT2D eigenvalue weighted by Crippen LogP contribution is 2.53. The van der Waals surface area contributed by atoms with E-state index in [4.69, 9.17) is 0 Å². The zero-order valence-corrected chi connectivity index (χ0v) is 12.2. The average Bonchev–Trinajstić information content (AvgIpc) is 2.33. The van der Waals surface area contributed by atoms with Gasteiger partial charge in [0.05, 0.1) is 0 Å². The molecule has 3 atom stereocenters. The molecule has 1 aromatic rings. The lowest BCUT2D eigenvalue weighted by Crippen LogP contribution is -2.60. The molecule has 19 heavy (non-hydrogen) atoms. The van der Waals surface area contributed by atoms with Gasteiger partial charge >= 0.3 is 0 Å². The normalized spacial score (nSPS) is 33.3. The molecule has 0 aromatic heterocycles. The molecule has 1 heterocycles. The summed E-state index contributed by atoms with van der Waals surface area (Å²) in [6, 6.07) is 11.8. The molecular formula is C18H25N. The first-order chi connectivity index (χ1) is 9.11. The third-order valence-corrected chi connectivity index (χ3v) is 4.91. The Bertz CT molecular complexity index is 448. The van der Waals surface area contributed by atoms with Crippen LogP contribution < -0.4 is 0 Å². The smallest absolute Gasteiger partial charge is 0.0196 e. The maximum Gasteiger partial charge on any atom is 0.0196 e. The number of piperidine rings is 1. The zero-order chi connectivity index (χ0) is 13.5. The van der Waals surface area contributed by atoms with Crippen molar-refractivity contribution in [2.75, 3.05) is 13.1 Å². The minimum absolute atomic E-state index is 0.464. The van der Waals surface area contributed by atoms with E-state index in [2.05, 4.69) is 61.7 Å². The summed E-state index contributed by atoms with van der Waals surface area (Å²) in [4.78, 5) is 2.67. The quantitative estimate of drug-likeness (QED) is 0.736. The molecule has 0 radical (unpaired) electrons. The predicted molar refractivity (Wildman–Crippen MR) is 81.2 cm³/mol. The topological polar surface area (TPSA) is 3.24 Å². The highest BCUT2D eigenvalue weighted by Gasteiger charge is 2.50. The standard InChI is InChI=1S/C18H25N/c1-4-10-19-13-18(2,3)12-15-11-16(17(15)19)14-8-6-5-7-9-14/h4-9,15-17H,1,10-13H2,2-3H3/t15-,16+,17+/m1/s1. The molecule has 2 fully saturated rings. The van der Waals surface area contributed by atoms with Crippen molar-refractivity contribution >= 4 is 0 Å². The number of benzene rings is 1. The van der Waals surface area contributed by atoms with Crippen LogP contribution in [-0.4, -0.2) is 24.0 Å². The molecule has 1 saturated carbocycles. The maximum atomic E-state index is 3.94. The number of hydrogen-bond acceptors (Lipinski definition) is 1. The van der Waals surface area contributed by atoms with Crippen molar-refractivity contribution in [3.05, 3.63) is 48.6 Å². The lowest BCUT2D eigenvalue weighted by Gasteiger charge is -2.58. The molecule has 1 aromatic carbocycles. The van der Waals surface area contributed by atoms with Crippen LogP contribution in [0.2, 0.25) is 0 Å². The summed E-state index contributed by atoms with van der Waals surface area (Å²) in [5.74, 6) is 1.62. The first-order valence-electron chi connectivity index (χ1n) is 7.51. The molecule has 102 valence electrons. The van der Waals surface area contributed by atoms with Crippen LogP contribution in [0.15, 0.2) is 43.0 Å². The van der Waals surface area contributed by atoms with Gasteiger partial charge in [0.25, 0.3) is 0 Å². The second-order valence-electron chi connectivity index (χ2n) is 7.09. The molecule has 2 aliphatic rings. The summed E-state index contributed by atoms with van der Waals surface area (Å²) in [6.07, 6.45) is 4.82. The average molecular weight is 255 g/mol. The van der Waals surface area contributed by atoms with Gasteiger partial charge in [-0.2, -0.15) is 0 Å². The molecule has 1 saturated heterocycles. The van der Waals surface area contributed by atoms with E-state index in [-0.39, 0.29) is 0 Å². The fourth-order valence-electron chi connectivity index (χ4n) is 4.31. The first kappa shape index (κ1) is 12.9. The van der Waals surface area contributed by atoms with Crippen LogP contribution in [0.4, 0.5) is 0 Å². The Morgan fingerprint density at radius 1 is 1.32 bits per heavy atom. The van der Waals surface area contributed by atoms with Crippen molar-refractivity contribution in [3.8, 4) is 0 Å². The van der Waals surface area contributed by atoms with Crippen LogP contribution in [-0.2, 0) is 0 Å². The van der Waals surface area contributed by atoms with Crippen molar-refractivity contribution in [2.24, 2.45) is 11.3 Å². The van der Waals surface area contributed by atoms with Crippen molar-refractivity contribution in [1.82, 2.24) is 4.90 Å². The lowest BCUT2D eigenvalue weighted by molar-refractivity contribution is -0.0499. The van der Waals surface area contributed by atoms with Gasteiger partial charge < -0.3 is 0 Å². The van der Waals surface area contributed by atoms with E-state index in [0.717, 1.165) is 24.4 Å². The van der Waals surface area contributed by atoms with Crippen molar-refractivity contribution in [1.29, 1.82) is 0 Å². The van der Waals surface area contributed by atoms with E-state index < -0.39 is 0 Å². The number of hydrogen-bond donors (Lipinski definition) is 0. The van der Waals surface area contributed by atoms with E-state index in [1.807, 2.05) is 0 Å². The number of rotatable bonds is 3. The molecule has 0 amide bonds. The number of likely N-dealkylation sites (tertiary alicyclic amines) is 1. The van der Waals surface area contributed by atoms with Gasteiger partial charge in [0, 0.05) is 25.0 Å². The molecule has 0 bridgehead atoms. The first-order valence-corrected chi connectivity index (χ1v) is 7.51. The maximum absolute atomic E-state index is 3.94. The van der Waals surface area contributed by atoms with Gasteiger partial charge in [-0.25, -0.2) is 0 Å². The molecule has 3 rings (SSSR count). The van der Waals surface area contributed by atoms with Crippen molar-refractivity contribution in [3.63, 3.8) is 0 Å². The SMILES string of the molecule is C=CCN1CC(C)(C)C[C@H]2C[C@@H](c3ccccc3)[C@H]21. The second kappa shape index (κ2) is 4.79. The highest BCUT2D eigenvalue weighted by molar-refractivity contribution is 5.26. The van der Waals surface area contributed by atoms with Gasteiger partial charge in [-0.15, -0.1) is 6.58 Å². The fraction of sp³-hybridized carbons (Fsp3) is 0.556. The second-order valence-corrected chi connectivity index (χ2v) is 7.09. The van der Waals surface area contributed by atoms with Gasteiger partial charge in [-0.3, -0.25) is 4.90 Å². The Balaban J connectivity index is 1.81. The van der Waals surface area contributed by atoms with Gasteiger partial charge in [0.15, 0.2) is 0 Å². The van der Waals surface area contributed by atoms with Crippen LogP contribution in [0.5, 0.6) is 0 Å². The Morgan fingerprint density at radius 3 is 2.74 bits per heavy atom. The molecule has 1 aliphatic carbocycles. The van der Waals surface area contributed by atoms with Crippen LogP contribution in [0.3, 0.4) is 0 Å². The zero-order valence-electron chi connectivity index (χ0n) is 12.2. The Morgan fingerprint density at radius 2 is 2.05 bits per heavy atom. The number of fused-ring (bicyclic) bond motifs is 1. The number of nitrogens with zero attached hydrogens (tertiary/aromatic N) is 1. The summed E-state index contributed by atoms with van der Waals surface area (Å²) >= 11 is 0. The summed E-state index contributed by atoms with van der Waals surface area (Å²) in [5.41, 5.74) is 1.99. The van der Waals surface area contributed by atoms with Gasteiger partial charge in [0.1, 0.15) is 0 Å². The minimum atomic E-state index is 0.464. The Hall–Kier alpha value is -1.08. The summed E-state index contributed by atoms with van der Waals surface area (Å²) in [7, 11) is 0. The van der Waals surface area contributed by atoms with E-state index >= 15 is 0 Å². The van der Waals surface area contributed by atoms with E-state index in [0.29, 0.717) is 5.41 Å². The summed E-state index contributed by atoms with van der Waals surface area (Å²) in [5, 5.41) is 0.